The Bertz CT molecular complexity index is 955. The minimum absolute atomic E-state index is 0.104. The van der Waals surface area contributed by atoms with Gasteiger partial charge in [0.05, 0.1) is 4.90 Å². The summed E-state index contributed by atoms with van der Waals surface area (Å²) in [6, 6.07) is 5.59. The maximum absolute atomic E-state index is 12.1. The fraction of sp³-hybridized carbons (Fsp3) is 0.111. The summed E-state index contributed by atoms with van der Waals surface area (Å²) in [5, 5.41) is 8.55. The van der Waals surface area contributed by atoms with Crippen molar-refractivity contribution in [3.8, 4) is 0 Å². The van der Waals surface area contributed by atoms with Gasteiger partial charge in [0.1, 0.15) is 0 Å². The van der Waals surface area contributed by atoms with Crippen LogP contribution in [0.4, 0.5) is 5.69 Å². The number of aryl methyl sites for hydroxylation is 1. The minimum atomic E-state index is -4.03. The second-order valence-electron chi connectivity index (χ2n) is 3.96. The lowest BCUT2D eigenvalue weighted by Crippen LogP contribution is -2.15. The first-order valence-corrected chi connectivity index (χ1v) is 9.13. The molecule has 0 bridgehead atoms. The van der Waals surface area contributed by atoms with E-state index >= 15 is 0 Å². The third kappa shape index (κ3) is 3.47. The monoisotopic (exact) mass is 349 g/mol. The van der Waals surface area contributed by atoms with E-state index in [1.165, 1.54) is 31.3 Å². The number of nitrogen functional groups attached to an aromatic ring is 1. The molecule has 114 valence electrons. The molecule has 0 atom stereocenters. The summed E-state index contributed by atoms with van der Waals surface area (Å²) in [5.41, 5.74) is 5.79. The van der Waals surface area contributed by atoms with Crippen molar-refractivity contribution in [1.82, 2.24) is 9.78 Å². The number of nitrogens with zero attached hydrogens (tertiary/aromatic N) is 3. The molecule has 1 heterocycles. The normalized spacial score (nSPS) is 13.5. The number of nitrogens with two attached hydrogens (primary N) is 2. The van der Waals surface area contributed by atoms with Gasteiger partial charge in [-0.25, -0.2) is 18.2 Å². The topological polar surface area (TPSA) is 150 Å². The van der Waals surface area contributed by atoms with Crippen molar-refractivity contribution in [3.63, 3.8) is 0 Å². The van der Waals surface area contributed by atoms with Crippen molar-refractivity contribution in [2.24, 2.45) is 16.6 Å². The molecule has 0 aliphatic heterocycles. The Morgan fingerprint density at radius 3 is 2.48 bits per heavy atom. The van der Waals surface area contributed by atoms with Gasteiger partial charge < -0.3 is 5.73 Å². The molecule has 0 spiro atoms. The number of hydrogen-bond acceptors (Lipinski definition) is 7. The molecule has 0 unspecified atom stereocenters. The van der Waals surface area contributed by atoms with Crippen LogP contribution in [-0.2, 0) is 27.1 Å². The molecule has 12 heteroatoms. The second-order valence-corrected chi connectivity index (χ2v) is 8.25. The Balaban J connectivity index is 2.61. The molecule has 9 nitrogen and oxygen atoms in total. The summed E-state index contributed by atoms with van der Waals surface area (Å²) >= 11 is 0.554. The number of aromatic nitrogens is 2. The van der Waals surface area contributed by atoms with Gasteiger partial charge in [0.2, 0.25) is 9.14 Å². The molecule has 0 aliphatic carbocycles. The molecule has 0 amide bonds. The molecule has 4 N–H and O–H groups in total. The Morgan fingerprint density at radius 1 is 1.29 bits per heavy atom. The van der Waals surface area contributed by atoms with Crippen LogP contribution >= 0.6 is 11.3 Å². The van der Waals surface area contributed by atoms with Crippen molar-refractivity contribution >= 4 is 37.1 Å². The van der Waals surface area contributed by atoms with Gasteiger partial charge in [-0.05, 0) is 18.2 Å². The van der Waals surface area contributed by atoms with E-state index in [9.17, 15) is 16.8 Å². The van der Waals surface area contributed by atoms with Crippen LogP contribution < -0.4 is 15.7 Å². The van der Waals surface area contributed by atoms with Gasteiger partial charge in [-0.1, -0.05) is 17.4 Å². The SMILES string of the molecule is Cn1nc(S(N)(=O)=O)s/c1=N/S(=O)(=O)c1cccc(N)c1. The van der Waals surface area contributed by atoms with Crippen molar-refractivity contribution in [3.05, 3.63) is 29.1 Å². The maximum Gasteiger partial charge on any atom is 0.285 e. The Kier molecular flexibility index (Phi) is 3.88. The van der Waals surface area contributed by atoms with Gasteiger partial charge >= 0.3 is 0 Å². The zero-order chi connectivity index (χ0) is 15.8. The molecule has 0 saturated heterocycles. The highest BCUT2D eigenvalue weighted by molar-refractivity contribution is 7.91. The van der Waals surface area contributed by atoms with Crippen LogP contribution in [0.15, 0.2) is 37.9 Å². The van der Waals surface area contributed by atoms with Crippen molar-refractivity contribution in [2.45, 2.75) is 9.24 Å². The van der Waals surface area contributed by atoms with E-state index in [0.717, 1.165) is 4.68 Å². The highest BCUT2D eigenvalue weighted by Gasteiger charge is 2.17. The Morgan fingerprint density at radius 2 is 1.95 bits per heavy atom. The molecule has 2 aromatic rings. The van der Waals surface area contributed by atoms with Crippen LogP contribution in [0.25, 0.3) is 0 Å². The first-order chi connectivity index (χ1) is 9.59. The quantitative estimate of drug-likeness (QED) is 0.678. The van der Waals surface area contributed by atoms with Crippen molar-refractivity contribution in [2.75, 3.05) is 5.73 Å². The predicted octanol–water partition coefficient (Wildman–Crippen LogP) is -0.999. The van der Waals surface area contributed by atoms with Gasteiger partial charge in [0.15, 0.2) is 0 Å². The highest BCUT2D eigenvalue weighted by atomic mass is 32.2. The predicted molar refractivity (Wildman–Crippen MR) is 76.1 cm³/mol. The average molecular weight is 349 g/mol. The molecular weight excluding hydrogens is 338 g/mol. The van der Waals surface area contributed by atoms with Gasteiger partial charge in [-0.15, -0.1) is 9.50 Å². The van der Waals surface area contributed by atoms with Gasteiger partial charge in [0.25, 0.3) is 20.0 Å². The Labute approximate surface area is 124 Å². The lowest BCUT2D eigenvalue weighted by Gasteiger charge is -1.99. The first-order valence-electron chi connectivity index (χ1n) is 5.33. The summed E-state index contributed by atoms with van der Waals surface area (Å²) in [4.78, 5) is -0.227. The second kappa shape index (κ2) is 5.22. The number of primary sulfonamides is 1. The molecule has 2 rings (SSSR count). The number of rotatable bonds is 3. The lowest BCUT2D eigenvalue weighted by atomic mass is 10.3. The zero-order valence-electron chi connectivity index (χ0n) is 10.7. The van der Waals surface area contributed by atoms with Gasteiger partial charge in [-0.2, -0.15) is 8.42 Å². The van der Waals surface area contributed by atoms with Crippen LogP contribution in [0.5, 0.6) is 0 Å². The first kappa shape index (κ1) is 15.6. The van der Waals surface area contributed by atoms with Gasteiger partial charge in [-0.3, -0.25) is 0 Å². The van der Waals surface area contributed by atoms with E-state index in [0.29, 0.717) is 11.3 Å². The minimum Gasteiger partial charge on any atom is -0.399 e. The van der Waals surface area contributed by atoms with E-state index < -0.39 is 24.4 Å². The molecule has 1 aromatic heterocycles. The van der Waals surface area contributed by atoms with Crippen LogP contribution in [-0.4, -0.2) is 26.6 Å². The molecule has 0 aliphatic rings. The van der Waals surface area contributed by atoms with Crippen molar-refractivity contribution < 1.29 is 16.8 Å². The summed E-state index contributed by atoms with van der Waals surface area (Å²) in [7, 11) is -6.69. The lowest BCUT2D eigenvalue weighted by molar-refractivity contribution is 0.589. The Hall–Kier alpha value is -1.76. The third-order valence-corrected chi connectivity index (χ3v) is 5.97. The number of sulfonamides is 2. The van der Waals surface area contributed by atoms with Crippen LogP contribution in [0.2, 0.25) is 0 Å². The highest BCUT2D eigenvalue weighted by Crippen LogP contribution is 2.15. The number of benzene rings is 1. The summed E-state index contributed by atoms with van der Waals surface area (Å²) in [6.45, 7) is 0. The summed E-state index contributed by atoms with van der Waals surface area (Å²) in [5.74, 6) is 0. The molecule has 0 saturated carbocycles. The smallest absolute Gasteiger partial charge is 0.285 e. The maximum atomic E-state index is 12.1. The third-order valence-electron chi connectivity index (χ3n) is 2.28. The van der Waals surface area contributed by atoms with E-state index in [2.05, 4.69) is 9.50 Å². The molecule has 21 heavy (non-hydrogen) atoms. The number of hydrogen-bond donors (Lipinski definition) is 2. The van der Waals surface area contributed by atoms with E-state index in [-0.39, 0.29) is 15.4 Å². The molecule has 0 fully saturated rings. The van der Waals surface area contributed by atoms with Crippen LogP contribution in [0.1, 0.15) is 0 Å². The van der Waals surface area contributed by atoms with Gasteiger partial charge in [0, 0.05) is 12.7 Å². The van der Waals surface area contributed by atoms with Crippen LogP contribution in [0, 0.1) is 0 Å². The summed E-state index contributed by atoms with van der Waals surface area (Å²) in [6.07, 6.45) is 0. The molecule has 1 aromatic carbocycles. The zero-order valence-corrected chi connectivity index (χ0v) is 13.1. The fourth-order valence-corrected chi connectivity index (χ4v) is 4.18. The van der Waals surface area contributed by atoms with Crippen molar-refractivity contribution in [1.29, 1.82) is 0 Å². The fourth-order valence-electron chi connectivity index (χ4n) is 1.35. The van der Waals surface area contributed by atoms with E-state index in [1.54, 1.807) is 0 Å². The van der Waals surface area contributed by atoms with Crippen LogP contribution in [0.3, 0.4) is 0 Å². The van der Waals surface area contributed by atoms with E-state index in [1.807, 2.05) is 0 Å². The molecular formula is C9H11N5O4S3. The standard InChI is InChI=1S/C9H11N5O4S3/c1-14-8(19-9(12-14)20(11,15)16)13-21(17,18)7-4-2-3-6(10)5-7/h2-5H,10H2,1H3,(H2,11,15,16)/b13-8+. The molecule has 0 radical (unpaired) electrons. The van der Waals surface area contributed by atoms with E-state index in [4.69, 9.17) is 10.9 Å². The average Bonchev–Trinajstić information content (AvgIpc) is 2.70. The summed E-state index contributed by atoms with van der Waals surface area (Å²) < 4.78 is 50.8. The largest absolute Gasteiger partial charge is 0.399 e. The number of anilines is 1.